The maximum atomic E-state index is 6.28. The number of hydrogen-bond donors (Lipinski definition) is 2. The van der Waals surface area contributed by atoms with Crippen molar-refractivity contribution in [2.24, 2.45) is 5.73 Å². The second kappa shape index (κ2) is 6.18. The largest absolute Gasteiger partial charge is 0.496 e. The topological polar surface area (TPSA) is 50.5 Å². The number of methoxy groups -OCH3 is 1. The minimum Gasteiger partial charge on any atom is -0.496 e. The summed E-state index contributed by atoms with van der Waals surface area (Å²) >= 11 is 0. The van der Waals surface area contributed by atoms with Crippen molar-refractivity contribution in [2.75, 3.05) is 39.8 Å². The monoisotopic (exact) mass is 249 g/mol. The normalized spacial score (nSPS) is 18.6. The third-order valence-electron chi connectivity index (χ3n) is 3.51. The quantitative estimate of drug-likeness (QED) is 0.833. The molecule has 18 heavy (non-hydrogen) atoms. The van der Waals surface area contributed by atoms with Crippen LogP contribution < -0.4 is 15.8 Å². The Labute approximate surface area is 109 Å². The van der Waals surface area contributed by atoms with E-state index in [1.807, 2.05) is 6.07 Å². The molecule has 2 rings (SSSR count). The molecule has 4 heteroatoms. The van der Waals surface area contributed by atoms with Crippen molar-refractivity contribution in [3.05, 3.63) is 29.3 Å². The predicted molar refractivity (Wildman–Crippen MR) is 74.0 cm³/mol. The molecule has 0 radical (unpaired) electrons. The maximum absolute atomic E-state index is 6.28. The van der Waals surface area contributed by atoms with Crippen molar-refractivity contribution in [2.45, 2.75) is 13.0 Å². The molecule has 0 bridgehead atoms. The first-order chi connectivity index (χ1) is 8.70. The van der Waals surface area contributed by atoms with Crippen LogP contribution in [0.4, 0.5) is 0 Å². The molecule has 3 N–H and O–H groups in total. The van der Waals surface area contributed by atoms with Gasteiger partial charge in [-0.1, -0.05) is 12.1 Å². The first kappa shape index (κ1) is 13.3. The first-order valence-corrected chi connectivity index (χ1v) is 6.54. The van der Waals surface area contributed by atoms with Crippen LogP contribution in [0.5, 0.6) is 5.75 Å². The van der Waals surface area contributed by atoms with Crippen LogP contribution in [0, 0.1) is 6.92 Å². The standard InChI is InChI=1S/C14H23N3O/c1-11-9-12(3-4-14(11)18-2)13(15)10-17-7-5-16-6-8-17/h3-4,9,13,16H,5-8,10,15H2,1-2H3. The number of nitrogens with zero attached hydrogens (tertiary/aromatic N) is 1. The Morgan fingerprint density at radius 2 is 2.11 bits per heavy atom. The lowest BCUT2D eigenvalue weighted by Crippen LogP contribution is -2.45. The lowest BCUT2D eigenvalue weighted by molar-refractivity contribution is 0.228. The summed E-state index contributed by atoms with van der Waals surface area (Å²) in [6.07, 6.45) is 0. The molecule has 100 valence electrons. The zero-order valence-corrected chi connectivity index (χ0v) is 11.3. The average Bonchev–Trinajstić information content (AvgIpc) is 2.39. The van der Waals surface area contributed by atoms with Gasteiger partial charge in [0.15, 0.2) is 0 Å². The van der Waals surface area contributed by atoms with Crippen molar-refractivity contribution in [1.29, 1.82) is 0 Å². The molecule has 0 saturated carbocycles. The van der Waals surface area contributed by atoms with E-state index in [2.05, 4.69) is 29.3 Å². The van der Waals surface area contributed by atoms with Crippen LogP contribution >= 0.6 is 0 Å². The Kier molecular flexibility index (Phi) is 4.58. The summed E-state index contributed by atoms with van der Waals surface area (Å²) in [6, 6.07) is 6.28. The van der Waals surface area contributed by atoms with E-state index < -0.39 is 0 Å². The minimum atomic E-state index is 0.0766. The van der Waals surface area contributed by atoms with Gasteiger partial charge in [-0.25, -0.2) is 0 Å². The van der Waals surface area contributed by atoms with Crippen molar-refractivity contribution < 1.29 is 4.74 Å². The summed E-state index contributed by atoms with van der Waals surface area (Å²) < 4.78 is 5.27. The molecule has 0 amide bonds. The van der Waals surface area contributed by atoms with Crippen molar-refractivity contribution in [3.8, 4) is 5.75 Å². The molecule has 1 aliphatic heterocycles. The summed E-state index contributed by atoms with van der Waals surface area (Å²) in [5, 5.41) is 3.35. The molecule has 1 aliphatic rings. The molecule has 1 aromatic carbocycles. The average molecular weight is 249 g/mol. The number of nitrogens with two attached hydrogens (primary N) is 1. The van der Waals surface area contributed by atoms with Gasteiger partial charge >= 0.3 is 0 Å². The van der Waals surface area contributed by atoms with Gasteiger partial charge in [-0.15, -0.1) is 0 Å². The first-order valence-electron chi connectivity index (χ1n) is 6.54. The molecular formula is C14H23N3O. The third-order valence-corrected chi connectivity index (χ3v) is 3.51. The molecule has 0 spiro atoms. The molecule has 1 aromatic rings. The summed E-state index contributed by atoms with van der Waals surface area (Å²) in [7, 11) is 1.70. The molecule has 1 heterocycles. The Morgan fingerprint density at radius 3 is 2.72 bits per heavy atom. The predicted octanol–water partition coefficient (Wildman–Crippen LogP) is 0.909. The fraction of sp³-hybridized carbons (Fsp3) is 0.571. The molecule has 1 fully saturated rings. The highest BCUT2D eigenvalue weighted by Gasteiger charge is 2.15. The Bertz CT molecular complexity index is 389. The third kappa shape index (κ3) is 3.22. The smallest absolute Gasteiger partial charge is 0.121 e. The Hall–Kier alpha value is -1.10. The van der Waals surface area contributed by atoms with Gasteiger partial charge in [0.2, 0.25) is 0 Å². The highest BCUT2D eigenvalue weighted by atomic mass is 16.5. The number of rotatable bonds is 4. The van der Waals surface area contributed by atoms with Gasteiger partial charge in [0.25, 0.3) is 0 Å². The van der Waals surface area contributed by atoms with Gasteiger partial charge in [0.1, 0.15) is 5.75 Å². The van der Waals surface area contributed by atoms with Crippen molar-refractivity contribution in [1.82, 2.24) is 10.2 Å². The summed E-state index contributed by atoms with van der Waals surface area (Å²) in [5.41, 5.74) is 8.61. The molecule has 1 saturated heterocycles. The van der Waals surface area contributed by atoms with Crippen molar-refractivity contribution >= 4 is 0 Å². The van der Waals surface area contributed by atoms with Crippen molar-refractivity contribution in [3.63, 3.8) is 0 Å². The van der Waals surface area contributed by atoms with Gasteiger partial charge in [0, 0.05) is 38.8 Å². The molecule has 0 aromatic heterocycles. The molecule has 0 aliphatic carbocycles. The van der Waals surface area contributed by atoms with E-state index in [0.717, 1.165) is 44.0 Å². The van der Waals surface area contributed by atoms with Crippen LogP contribution in [0.1, 0.15) is 17.2 Å². The van der Waals surface area contributed by atoms with Gasteiger partial charge in [0.05, 0.1) is 7.11 Å². The number of benzene rings is 1. The van der Waals surface area contributed by atoms with Crippen LogP contribution in [-0.2, 0) is 0 Å². The number of ether oxygens (including phenoxy) is 1. The van der Waals surface area contributed by atoms with Crippen LogP contribution in [-0.4, -0.2) is 44.7 Å². The van der Waals surface area contributed by atoms with Crippen LogP contribution in [0.3, 0.4) is 0 Å². The summed E-state index contributed by atoms with van der Waals surface area (Å²) in [4.78, 5) is 2.42. The highest BCUT2D eigenvalue weighted by Crippen LogP contribution is 2.22. The summed E-state index contributed by atoms with van der Waals surface area (Å²) in [6.45, 7) is 7.28. The summed E-state index contributed by atoms with van der Waals surface area (Å²) in [5.74, 6) is 0.924. The van der Waals surface area contributed by atoms with E-state index in [0.29, 0.717) is 0 Å². The lowest BCUT2D eigenvalue weighted by atomic mass is 10.0. The van der Waals surface area contributed by atoms with E-state index in [9.17, 15) is 0 Å². The fourth-order valence-corrected chi connectivity index (χ4v) is 2.41. The van der Waals surface area contributed by atoms with Gasteiger partial charge in [-0.2, -0.15) is 0 Å². The second-order valence-electron chi connectivity index (χ2n) is 4.89. The molecule has 1 atom stereocenters. The van der Waals surface area contributed by atoms with E-state index in [1.54, 1.807) is 7.11 Å². The Balaban J connectivity index is 1.99. The minimum absolute atomic E-state index is 0.0766. The molecule has 1 unspecified atom stereocenters. The SMILES string of the molecule is COc1ccc(C(N)CN2CCNCC2)cc1C. The highest BCUT2D eigenvalue weighted by molar-refractivity contribution is 5.37. The lowest BCUT2D eigenvalue weighted by Gasteiger charge is -2.29. The van der Waals surface area contributed by atoms with Gasteiger partial charge in [-0.3, -0.25) is 4.90 Å². The molecule has 4 nitrogen and oxygen atoms in total. The number of piperazine rings is 1. The van der Waals surface area contributed by atoms with Crippen LogP contribution in [0.2, 0.25) is 0 Å². The van der Waals surface area contributed by atoms with Gasteiger partial charge < -0.3 is 15.8 Å². The van der Waals surface area contributed by atoms with E-state index in [1.165, 1.54) is 5.56 Å². The van der Waals surface area contributed by atoms with E-state index >= 15 is 0 Å². The zero-order chi connectivity index (χ0) is 13.0. The zero-order valence-electron chi connectivity index (χ0n) is 11.3. The van der Waals surface area contributed by atoms with E-state index in [4.69, 9.17) is 10.5 Å². The number of nitrogens with one attached hydrogen (secondary N) is 1. The fourth-order valence-electron chi connectivity index (χ4n) is 2.41. The number of aryl methyl sites for hydroxylation is 1. The van der Waals surface area contributed by atoms with Crippen LogP contribution in [0.15, 0.2) is 18.2 Å². The number of hydrogen-bond acceptors (Lipinski definition) is 4. The van der Waals surface area contributed by atoms with Gasteiger partial charge in [-0.05, 0) is 24.1 Å². The second-order valence-corrected chi connectivity index (χ2v) is 4.89. The van der Waals surface area contributed by atoms with Crippen LogP contribution in [0.25, 0.3) is 0 Å². The molecular weight excluding hydrogens is 226 g/mol. The Morgan fingerprint density at radius 1 is 1.39 bits per heavy atom. The maximum Gasteiger partial charge on any atom is 0.121 e. The van der Waals surface area contributed by atoms with E-state index in [-0.39, 0.29) is 6.04 Å².